The molecule has 0 aliphatic rings. The Balaban J connectivity index is 2.10. The molecule has 3 aromatic carbocycles. The van der Waals surface area contributed by atoms with Crippen molar-refractivity contribution in [3.63, 3.8) is 0 Å². The molecule has 0 saturated carbocycles. The van der Waals surface area contributed by atoms with Crippen LogP contribution in [-0.2, 0) is 0 Å². The van der Waals surface area contributed by atoms with Crippen molar-refractivity contribution in [3.05, 3.63) is 87.9 Å². The van der Waals surface area contributed by atoms with Crippen LogP contribution in [-0.4, -0.2) is 6.71 Å². The van der Waals surface area contributed by atoms with Crippen LogP contribution < -0.4 is 16.4 Å². The van der Waals surface area contributed by atoms with Crippen molar-refractivity contribution in [3.8, 4) is 0 Å². The van der Waals surface area contributed by atoms with Crippen molar-refractivity contribution in [1.29, 1.82) is 0 Å². The summed E-state index contributed by atoms with van der Waals surface area (Å²) < 4.78 is 0. The number of hydrogen-bond acceptors (Lipinski definition) is 0. The topological polar surface area (TPSA) is 0 Å². The molecule has 0 amide bonds. The molecule has 0 saturated heterocycles. The molecule has 0 atom stereocenters. The predicted molar refractivity (Wildman–Crippen MR) is 99.0 cm³/mol. The molecule has 0 bridgehead atoms. The molecule has 108 valence electrons. The minimum absolute atomic E-state index is 0.117. The van der Waals surface area contributed by atoms with E-state index in [2.05, 4.69) is 36.4 Å². The summed E-state index contributed by atoms with van der Waals surface area (Å²) >= 11 is 18.0. The Morgan fingerprint density at radius 3 is 0.864 bits per heavy atom. The number of benzene rings is 3. The molecule has 0 heterocycles. The predicted octanol–water partition coefficient (Wildman–Crippen LogP) is 4.16. The largest absolute Gasteiger partial charge is 0.241 e. The molecule has 3 aromatic rings. The van der Waals surface area contributed by atoms with Gasteiger partial charge < -0.3 is 0 Å². The maximum atomic E-state index is 6.02. The Bertz CT molecular complexity index is 642. The van der Waals surface area contributed by atoms with Crippen molar-refractivity contribution in [1.82, 2.24) is 0 Å². The van der Waals surface area contributed by atoms with Gasteiger partial charge in [0.2, 0.25) is 6.71 Å². The summed E-state index contributed by atoms with van der Waals surface area (Å²) in [5, 5.41) is 2.19. The summed E-state index contributed by atoms with van der Waals surface area (Å²) in [5.74, 6) is 0. The van der Waals surface area contributed by atoms with E-state index in [1.807, 2.05) is 36.4 Å². The Kier molecular flexibility index (Phi) is 4.78. The minimum atomic E-state index is 0.117. The minimum Gasteiger partial charge on any atom is -0.0843 e. The van der Waals surface area contributed by atoms with Gasteiger partial charge in [-0.05, 0) is 36.4 Å². The van der Waals surface area contributed by atoms with Crippen molar-refractivity contribution in [2.24, 2.45) is 0 Å². The first-order chi connectivity index (χ1) is 10.6. The summed E-state index contributed by atoms with van der Waals surface area (Å²) in [6.45, 7) is 0.117. The van der Waals surface area contributed by atoms with Crippen LogP contribution in [0.25, 0.3) is 0 Å². The Hall–Kier alpha value is -1.41. The monoisotopic (exact) mass is 344 g/mol. The summed E-state index contributed by atoms with van der Waals surface area (Å²) in [4.78, 5) is 0. The zero-order valence-corrected chi connectivity index (χ0v) is 13.9. The molecule has 4 heteroatoms. The van der Waals surface area contributed by atoms with Crippen LogP contribution in [0.2, 0.25) is 15.1 Å². The van der Waals surface area contributed by atoms with E-state index >= 15 is 0 Å². The third kappa shape index (κ3) is 3.49. The van der Waals surface area contributed by atoms with E-state index in [-0.39, 0.29) is 6.71 Å². The highest BCUT2D eigenvalue weighted by Gasteiger charge is 2.21. The van der Waals surface area contributed by atoms with Gasteiger partial charge in [0.05, 0.1) is 0 Å². The molecule has 0 aliphatic heterocycles. The van der Waals surface area contributed by atoms with Crippen molar-refractivity contribution >= 4 is 57.9 Å². The molecule has 0 N–H and O–H groups in total. The maximum absolute atomic E-state index is 6.02. The molecular weight excluding hydrogens is 333 g/mol. The van der Waals surface area contributed by atoms with Gasteiger partial charge in [-0.15, -0.1) is 0 Å². The van der Waals surface area contributed by atoms with Crippen LogP contribution >= 0.6 is 34.8 Å². The van der Waals surface area contributed by atoms with Gasteiger partial charge in [-0.3, -0.25) is 0 Å². The first-order valence-electron chi connectivity index (χ1n) is 6.90. The van der Waals surface area contributed by atoms with Gasteiger partial charge in [0, 0.05) is 15.1 Å². The summed E-state index contributed by atoms with van der Waals surface area (Å²) in [6, 6.07) is 23.8. The number of halogens is 3. The first kappa shape index (κ1) is 15.5. The highest BCUT2D eigenvalue weighted by atomic mass is 35.5. The summed E-state index contributed by atoms with van der Waals surface area (Å²) in [7, 11) is 0. The van der Waals surface area contributed by atoms with Crippen LogP contribution in [0.4, 0.5) is 0 Å². The Labute approximate surface area is 145 Å². The molecule has 0 aliphatic carbocycles. The second-order valence-electron chi connectivity index (χ2n) is 5.09. The second-order valence-corrected chi connectivity index (χ2v) is 6.40. The van der Waals surface area contributed by atoms with Crippen molar-refractivity contribution in [2.75, 3.05) is 0 Å². The van der Waals surface area contributed by atoms with Gasteiger partial charge in [-0.2, -0.15) is 0 Å². The number of hydrogen-bond donors (Lipinski definition) is 0. The van der Waals surface area contributed by atoms with Gasteiger partial charge in [0.25, 0.3) is 0 Å². The Morgan fingerprint density at radius 1 is 0.409 bits per heavy atom. The van der Waals surface area contributed by atoms with E-state index < -0.39 is 0 Å². The highest BCUT2D eigenvalue weighted by molar-refractivity contribution is 6.95. The van der Waals surface area contributed by atoms with Crippen LogP contribution in [0.5, 0.6) is 0 Å². The lowest BCUT2D eigenvalue weighted by Crippen LogP contribution is -2.51. The quantitative estimate of drug-likeness (QED) is 0.625. The lowest BCUT2D eigenvalue weighted by molar-refractivity contribution is 1.71. The van der Waals surface area contributed by atoms with E-state index in [4.69, 9.17) is 34.8 Å². The van der Waals surface area contributed by atoms with E-state index in [1.54, 1.807) is 0 Å². The SMILES string of the molecule is Clc1ccc(B(c2ccc(Cl)cc2)c2ccc(Cl)cc2)cc1. The maximum Gasteiger partial charge on any atom is 0.241 e. The Morgan fingerprint density at radius 2 is 0.636 bits per heavy atom. The van der Waals surface area contributed by atoms with Gasteiger partial charge >= 0.3 is 0 Å². The summed E-state index contributed by atoms with van der Waals surface area (Å²) in [6.07, 6.45) is 0. The molecule has 0 unspecified atom stereocenters. The first-order valence-corrected chi connectivity index (χ1v) is 8.03. The zero-order chi connectivity index (χ0) is 15.5. The van der Waals surface area contributed by atoms with Gasteiger partial charge in [-0.25, -0.2) is 0 Å². The molecule has 3 rings (SSSR count). The van der Waals surface area contributed by atoms with E-state index in [9.17, 15) is 0 Å². The lowest BCUT2D eigenvalue weighted by atomic mass is 9.37. The van der Waals surface area contributed by atoms with E-state index in [1.165, 1.54) is 16.4 Å². The van der Waals surface area contributed by atoms with Crippen molar-refractivity contribution in [2.45, 2.75) is 0 Å². The van der Waals surface area contributed by atoms with Crippen LogP contribution in [0.3, 0.4) is 0 Å². The average Bonchev–Trinajstić information content (AvgIpc) is 2.53. The summed E-state index contributed by atoms with van der Waals surface area (Å²) in [5.41, 5.74) is 3.53. The van der Waals surface area contributed by atoms with E-state index in [0.29, 0.717) is 0 Å². The molecular formula is C18H12BCl3. The lowest BCUT2D eigenvalue weighted by Gasteiger charge is -2.16. The smallest absolute Gasteiger partial charge is 0.0843 e. The normalized spacial score (nSPS) is 10.5. The number of rotatable bonds is 3. The van der Waals surface area contributed by atoms with Gasteiger partial charge in [-0.1, -0.05) is 87.6 Å². The third-order valence-corrected chi connectivity index (χ3v) is 4.37. The van der Waals surface area contributed by atoms with Gasteiger partial charge in [0.1, 0.15) is 0 Å². The molecule has 0 spiro atoms. The van der Waals surface area contributed by atoms with Crippen LogP contribution in [0.1, 0.15) is 0 Å². The second kappa shape index (κ2) is 6.79. The van der Waals surface area contributed by atoms with Gasteiger partial charge in [0.15, 0.2) is 0 Å². The van der Waals surface area contributed by atoms with Crippen molar-refractivity contribution < 1.29 is 0 Å². The highest BCUT2D eigenvalue weighted by Crippen LogP contribution is 2.09. The third-order valence-electron chi connectivity index (χ3n) is 3.61. The molecule has 0 aromatic heterocycles. The average molecular weight is 345 g/mol. The molecule has 22 heavy (non-hydrogen) atoms. The molecule has 0 nitrogen and oxygen atoms in total. The fourth-order valence-corrected chi connectivity index (χ4v) is 2.92. The fourth-order valence-electron chi connectivity index (χ4n) is 2.54. The van der Waals surface area contributed by atoms with Crippen LogP contribution in [0.15, 0.2) is 72.8 Å². The van der Waals surface area contributed by atoms with Crippen LogP contribution in [0, 0.1) is 0 Å². The molecule has 0 fully saturated rings. The zero-order valence-electron chi connectivity index (χ0n) is 11.6. The standard InChI is InChI=1S/C18H12BCl3/c20-16-7-1-13(2-8-16)19(14-3-9-17(21)10-4-14)15-5-11-18(22)12-6-15/h1-12H. The fraction of sp³-hybridized carbons (Fsp3) is 0. The van der Waals surface area contributed by atoms with E-state index in [0.717, 1.165) is 15.1 Å². The molecule has 0 radical (unpaired) electrons.